The molecule has 3 aromatic rings. The van der Waals surface area contributed by atoms with E-state index in [0.29, 0.717) is 23.7 Å². The minimum atomic E-state index is -0.691. The van der Waals surface area contributed by atoms with Gasteiger partial charge in [-0.2, -0.15) is 4.98 Å². The topological polar surface area (TPSA) is 89.9 Å². The van der Waals surface area contributed by atoms with Gasteiger partial charge in [-0.15, -0.1) is 0 Å². The molecule has 0 saturated carbocycles. The summed E-state index contributed by atoms with van der Waals surface area (Å²) in [5, 5.41) is 1.77. The number of hydrogen-bond acceptors (Lipinski definition) is 5. The van der Waals surface area contributed by atoms with E-state index in [1.807, 2.05) is 43.3 Å². The van der Waals surface area contributed by atoms with Crippen LogP contribution in [0.4, 0.5) is 0 Å². The van der Waals surface area contributed by atoms with Crippen LogP contribution in [0.25, 0.3) is 39.0 Å². The average molecular weight is 426 g/mol. The fourth-order valence-corrected chi connectivity index (χ4v) is 3.95. The normalized spacial score (nSPS) is 11.6. The van der Waals surface area contributed by atoms with Crippen molar-refractivity contribution in [3.8, 4) is 22.8 Å². The van der Waals surface area contributed by atoms with E-state index >= 15 is 0 Å². The molecular weight excluding hydrogens is 404 g/mol. The van der Waals surface area contributed by atoms with Crippen molar-refractivity contribution in [3.05, 3.63) is 81.0 Å². The van der Waals surface area contributed by atoms with Crippen molar-refractivity contribution in [1.29, 1.82) is 0 Å². The van der Waals surface area contributed by atoms with Crippen LogP contribution in [0.15, 0.2) is 64.2 Å². The Morgan fingerprint density at radius 1 is 0.969 bits per heavy atom. The highest BCUT2D eigenvalue weighted by atomic mass is 16.5. The van der Waals surface area contributed by atoms with Crippen LogP contribution in [0.3, 0.4) is 0 Å². The van der Waals surface area contributed by atoms with Gasteiger partial charge in [0.25, 0.3) is 5.56 Å². The van der Waals surface area contributed by atoms with Gasteiger partial charge in [0.15, 0.2) is 5.82 Å². The van der Waals surface area contributed by atoms with E-state index in [9.17, 15) is 9.59 Å². The Balaban J connectivity index is 1.88. The molecule has 7 nitrogen and oxygen atoms in total. The fourth-order valence-electron chi connectivity index (χ4n) is 3.95. The van der Waals surface area contributed by atoms with Crippen LogP contribution in [-0.4, -0.2) is 26.1 Å². The van der Waals surface area contributed by atoms with Crippen molar-refractivity contribution >= 4 is 21.9 Å². The number of nitrogens with zero attached hydrogens (tertiary/aromatic N) is 3. The largest absolute Gasteiger partial charge is 0.494 e. The second kappa shape index (κ2) is 7.60. The summed E-state index contributed by atoms with van der Waals surface area (Å²) in [5.74, 6) is 1.39. The molecule has 0 radical (unpaired) electrons. The maximum atomic E-state index is 12.6. The number of rotatable bonds is 4. The van der Waals surface area contributed by atoms with Crippen molar-refractivity contribution in [2.75, 3.05) is 6.61 Å². The third-order valence-corrected chi connectivity index (χ3v) is 5.56. The number of aromatic amines is 1. The zero-order valence-electron chi connectivity index (χ0n) is 18.0. The van der Waals surface area contributed by atoms with Gasteiger partial charge in [-0.05, 0) is 66.9 Å². The SMILES string of the molecule is CCOc1ccc(-n2c3nc(=O)[nH]c(=O)c-3cc3cc4cc(C(C)C)ccc4nc32)cc1. The van der Waals surface area contributed by atoms with E-state index in [0.717, 1.165) is 27.7 Å². The summed E-state index contributed by atoms with van der Waals surface area (Å²) in [5.41, 5.74) is 2.55. The molecule has 2 aliphatic heterocycles. The van der Waals surface area contributed by atoms with Gasteiger partial charge in [0.05, 0.1) is 17.7 Å². The summed E-state index contributed by atoms with van der Waals surface area (Å²) < 4.78 is 7.31. The second-order valence-electron chi connectivity index (χ2n) is 8.02. The standard InChI is InChI=1S/C25H22N4O3/c1-4-32-19-8-6-18(7-9-19)29-22-17(13-20-23(29)27-25(31)28-24(20)30)12-16-11-15(14(2)3)5-10-21(16)26-22/h5-14H,4H2,1-3H3,(H,28,30,31). The molecule has 1 aromatic heterocycles. The first-order chi connectivity index (χ1) is 15.4. The minimum Gasteiger partial charge on any atom is -0.494 e. The van der Waals surface area contributed by atoms with Crippen molar-refractivity contribution in [3.63, 3.8) is 0 Å². The third-order valence-electron chi connectivity index (χ3n) is 5.56. The Bertz CT molecular complexity index is 1550. The van der Waals surface area contributed by atoms with Gasteiger partial charge in [-0.1, -0.05) is 19.9 Å². The maximum Gasteiger partial charge on any atom is 0.349 e. The van der Waals surface area contributed by atoms with Crippen molar-refractivity contribution < 1.29 is 4.74 Å². The molecule has 0 saturated heterocycles. The summed E-state index contributed by atoms with van der Waals surface area (Å²) in [6.45, 7) is 6.78. The number of aromatic nitrogens is 4. The Hall–Kier alpha value is -4.00. The van der Waals surface area contributed by atoms with Crippen LogP contribution in [0.5, 0.6) is 5.75 Å². The van der Waals surface area contributed by atoms with Gasteiger partial charge >= 0.3 is 5.69 Å². The molecule has 2 aliphatic rings. The lowest BCUT2D eigenvalue weighted by Gasteiger charge is -2.18. The fraction of sp³-hybridized carbons (Fsp3) is 0.200. The highest BCUT2D eigenvalue weighted by Gasteiger charge is 2.19. The van der Waals surface area contributed by atoms with Crippen LogP contribution >= 0.6 is 0 Å². The molecule has 0 atom stereocenters. The summed E-state index contributed by atoms with van der Waals surface area (Å²) in [6, 6.07) is 17.4. The number of benzene rings is 2. The summed E-state index contributed by atoms with van der Waals surface area (Å²) in [6.07, 6.45) is 0. The van der Waals surface area contributed by atoms with E-state index in [1.54, 1.807) is 10.6 Å². The van der Waals surface area contributed by atoms with E-state index in [4.69, 9.17) is 9.72 Å². The monoisotopic (exact) mass is 426 g/mol. The van der Waals surface area contributed by atoms with Crippen molar-refractivity contribution in [2.24, 2.45) is 0 Å². The molecule has 2 aromatic carbocycles. The highest BCUT2D eigenvalue weighted by molar-refractivity contribution is 5.94. The third kappa shape index (κ3) is 3.32. The average Bonchev–Trinajstić information content (AvgIpc) is 2.77. The molecule has 3 heterocycles. The first-order valence-corrected chi connectivity index (χ1v) is 10.6. The lowest BCUT2D eigenvalue weighted by molar-refractivity contribution is 0.340. The van der Waals surface area contributed by atoms with Crippen molar-refractivity contribution in [2.45, 2.75) is 26.7 Å². The van der Waals surface area contributed by atoms with Gasteiger partial charge in [0.1, 0.15) is 11.4 Å². The predicted octanol–water partition coefficient (Wildman–Crippen LogP) is 4.25. The zero-order valence-corrected chi connectivity index (χ0v) is 18.0. The van der Waals surface area contributed by atoms with Gasteiger partial charge < -0.3 is 4.74 Å². The number of nitrogens with one attached hydrogen (secondary N) is 1. The molecule has 1 N–H and O–H groups in total. The second-order valence-corrected chi connectivity index (χ2v) is 8.02. The van der Waals surface area contributed by atoms with E-state index in [-0.39, 0.29) is 5.82 Å². The molecule has 0 amide bonds. The number of H-pyrrole nitrogens is 1. The molecule has 7 heteroatoms. The zero-order chi connectivity index (χ0) is 22.4. The predicted molar refractivity (Wildman–Crippen MR) is 125 cm³/mol. The van der Waals surface area contributed by atoms with Gasteiger partial charge in [-0.3, -0.25) is 14.3 Å². The molecular formula is C25H22N4O3. The summed E-state index contributed by atoms with van der Waals surface area (Å²) in [4.78, 5) is 36.0. The number of ether oxygens (including phenoxy) is 1. The molecule has 0 aliphatic carbocycles. The van der Waals surface area contributed by atoms with Crippen LogP contribution < -0.4 is 16.0 Å². The Morgan fingerprint density at radius 2 is 1.75 bits per heavy atom. The smallest absolute Gasteiger partial charge is 0.349 e. The lowest BCUT2D eigenvalue weighted by Crippen LogP contribution is -2.27. The minimum absolute atomic E-state index is 0.265. The maximum absolute atomic E-state index is 12.6. The van der Waals surface area contributed by atoms with Gasteiger partial charge in [0.2, 0.25) is 0 Å². The molecule has 0 unspecified atom stereocenters. The van der Waals surface area contributed by atoms with E-state index < -0.39 is 11.2 Å². The van der Waals surface area contributed by atoms with Gasteiger partial charge in [0, 0.05) is 16.5 Å². The van der Waals surface area contributed by atoms with Crippen LogP contribution in [0.2, 0.25) is 0 Å². The summed E-state index contributed by atoms with van der Waals surface area (Å²) in [7, 11) is 0. The summed E-state index contributed by atoms with van der Waals surface area (Å²) >= 11 is 0. The van der Waals surface area contributed by atoms with Gasteiger partial charge in [-0.25, -0.2) is 9.78 Å². The van der Waals surface area contributed by atoms with Crippen LogP contribution in [0.1, 0.15) is 32.3 Å². The number of pyridine rings is 2. The molecule has 160 valence electrons. The van der Waals surface area contributed by atoms with Crippen LogP contribution in [0, 0.1) is 0 Å². The lowest BCUT2D eigenvalue weighted by atomic mass is 10.0. The Labute approximate surface area is 183 Å². The quantitative estimate of drug-likeness (QED) is 0.434. The molecule has 0 fully saturated rings. The Morgan fingerprint density at radius 3 is 2.47 bits per heavy atom. The van der Waals surface area contributed by atoms with E-state index in [1.165, 1.54) is 5.56 Å². The Kier molecular flexibility index (Phi) is 4.74. The molecule has 5 rings (SSSR count). The first kappa shape index (κ1) is 19.9. The number of hydrogen-bond donors (Lipinski definition) is 1. The molecule has 0 bridgehead atoms. The van der Waals surface area contributed by atoms with Crippen molar-refractivity contribution in [1.82, 2.24) is 19.5 Å². The van der Waals surface area contributed by atoms with E-state index in [2.05, 4.69) is 35.9 Å². The number of fused-ring (bicyclic) bond motifs is 3. The molecule has 32 heavy (non-hydrogen) atoms. The van der Waals surface area contributed by atoms with Crippen LogP contribution in [-0.2, 0) is 0 Å². The molecule has 0 spiro atoms. The first-order valence-electron chi connectivity index (χ1n) is 10.6. The highest BCUT2D eigenvalue weighted by Crippen LogP contribution is 2.30.